The predicted octanol–water partition coefficient (Wildman–Crippen LogP) is 2.89. The highest BCUT2D eigenvalue weighted by Crippen LogP contribution is 2.25. The Kier molecular flexibility index (Phi) is 3.33. The largest absolute Gasteiger partial charge is 0.271 e. The van der Waals surface area contributed by atoms with Crippen molar-refractivity contribution in [3.8, 4) is 17.1 Å². The second-order valence-electron chi connectivity index (χ2n) is 4.16. The van der Waals surface area contributed by atoms with Crippen molar-refractivity contribution in [2.75, 3.05) is 0 Å². The van der Waals surface area contributed by atoms with Gasteiger partial charge in [-0.25, -0.2) is 0 Å². The van der Waals surface area contributed by atoms with Crippen LogP contribution in [-0.2, 0) is 0 Å². The van der Waals surface area contributed by atoms with E-state index in [9.17, 15) is 10.1 Å². The van der Waals surface area contributed by atoms with Gasteiger partial charge < -0.3 is 0 Å². The lowest BCUT2D eigenvalue weighted by Gasteiger charge is -2.01. The zero-order valence-electron chi connectivity index (χ0n) is 10.5. The number of benzene rings is 2. The van der Waals surface area contributed by atoms with Crippen LogP contribution in [0.3, 0.4) is 0 Å². The second-order valence-corrected chi connectivity index (χ2v) is 4.57. The number of hydrogen-bond donors (Lipinski definition) is 0. The molecular formula is C13H8ClN5O2. The van der Waals surface area contributed by atoms with E-state index >= 15 is 0 Å². The Labute approximate surface area is 123 Å². The maximum Gasteiger partial charge on any atom is 0.271 e. The molecule has 1 heterocycles. The molecule has 0 atom stereocenters. The number of rotatable bonds is 3. The summed E-state index contributed by atoms with van der Waals surface area (Å²) in [6, 6.07) is 13.4. The zero-order valence-corrected chi connectivity index (χ0v) is 11.3. The molecule has 0 aliphatic rings. The molecule has 3 rings (SSSR count). The van der Waals surface area contributed by atoms with Crippen molar-refractivity contribution in [1.29, 1.82) is 0 Å². The van der Waals surface area contributed by atoms with E-state index in [0.717, 1.165) is 5.56 Å². The summed E-state index contributed by atoms with van der Waals surface area (Å²) in [6.07, 6.45) is 0. The van der Waals surface area contributed by atoms with Gasteiger partial charge in [0.05, 0.1) is 9.95 Å². The number of nitrogens with zero attached hydrogens (tertiary/aromatic N) is 5. The molecule has 0 bridgehead atoms. The van der Waals surface area contributed by atoms with Gasteiger partial charge >= 0.3 is 0 Å². The SMILES string of the molecule is O=[N+]([O-])c1ccc(-n2nnc(-c3ccccc3)n2)c(Cl)c1. The monoisotopic (exact) mass is 301 g/mol. The molecule has 0 spiro atoms. The Balaban J connectivity index is 1.99. The summed E-state index contributed by atoms with van der Waals surface area (Å²) in [4.78, 5) is 11.4. The Hall–Kier alpha value is -2.80. The van der Waals surface area contributed by atoms with Crippen LogP contribution in [0.15, 0.2) is 48.5 Å². The molecule has 0 amide bonds. The van der Waals surface area contributed by atoms with Gasteiger partial charge in [0, 0.05) is 17.7 Å². The standard InChI is InChI=1S/C13H8ClN5O2/c14-11-8-10(19(20)21)6-7-12(11)18-16-13(15-17-18)9-4-2-1-3-5-9/h1-8H. The van der Waals surface area contributed by atoms with E-state index in [4.69, 9.17) is 11.6 Å². The van der Waals surface area contributed by atoms with Gasteiger partial charge in [-0.05, 0) is 11.3 Å². The van der Waals surface area contributed by atoms with Crippen molar-refractivity contribution in [3.05, 3.63) is 63.7 Å². The minimum Gasteiger partial charge on any atom is -0.258 e. The zero-order chi connectivity index (χ0) is 14.8. The third-order valence-electron chi connectivity index (χ3n) is 2.80. The van der Waals surface area contributed by atoms with Crippen molar-refractivity contribution >= 4 is 17.3 Å². The summed E-state index contributed by atoms with van der Waals surface area (Å²) >= 11 is 6.03. The van der Waals surface area contributed by atoms with Crippen molar-refractivity contribution in [3.63, 3.8) is 0 Å². The van der Waals surface area contributed by atoms with Gasteiger partial charge in [0.25, 0.3) is 5.69 Å². The molecule has 1 aromatic heterocycles. The number of non-ortho nitro benzene ring substituents is 1. The topological polar surface area (TPSA) is 86.7 Å². The quantitative estimate of drug-likeness (QED) is 0.548. The fourth-order valence-corrected chi connectivity index (χ4v) is 2.04. The first-order valence-corrected chi connectivity index (χ1v) is 6.33. The van der Waals surface area contributed by atoms with Gasteiger partial charge in [-0.2, -0.15) is 0 Å². The summed E-state index contributed by atoms with van der Waals surface area (Å²) in [6.45, 7) is 0. The molecule has 0 aliphatic heterocycles. The average Bonchev–Trinajstić information content (AvgIpc) is 2.97. The van der Waals surface area contributed by atoms with E-state index in [1.807, 2.05) is 30.3 Å². The predicted molar refractivity (Wildman–Crippen MR) is 76.3 cm³/mol. The lowest BCUT2D eigenvalue weighted by Crippen LogP contribution is -2.00. The minimum atomic E-state index is -0.514. The van der Waals surface area contributed by atoms with Crippen molar-refractivity contribution in [1.82, 2.24) is 20.2 Å². The molecule has 0 saturated carbocycles. The molecule has 0 saturated heterocycles. The summed E-state index contributed by atoms with van der Waals surface area (Å²) in [7, 11) is 0. The summed E-state index contributed by atoms with van der Waals surface area (Å²) in [5.41, 5.74) is 1.16. The fraction of sp³-hybridized carbons (Fsp3) is 0. The Morgan fingerprint density at radius 3 is 2.57 bits per heavy atom. The number of nitro benzene ring substituents is 1. The molecule has 8 heteroatoms. The number of aromatic nitrogens is 4. The smallest absolute Gasteiger partial charge is 0.258 e. The Morgan fingerprint density at radius 2 is 1.90 bits per heavy atom. The van der Waals surface area contributed by atoms with Gasteiger partial charge in [0.15, 0.2) is 0 Å². The lowest BCUT2D eigenvalue weighted by molar-refractivity contribution is -0.384. The van der Waals surface area contributed by atoms with Gasteiger partial charge in [0.2, 0.25) is 5.82 Å². The van der Waals surface area contributed by atoms with Crippen LogP contribution < -0.4 is 0 Å². The number of tetrazole rings is 1. The highest BCUT2D eigenvalue weighted by atomic mass is 35.5. The lowest BCUT2D eigenvalue weighted by atomic mass is 10.2. The number of nitro groups is 1. The second kappa shape index (κ2) is 5.29. The maximum absolute atomic E-state index is 10.7. The molecule has 21 heavy (non-hydrogen) atoms. The van der Waals surface area contributed by atoms with E-state index in [1.54, 1.807) is 0 Å². The van der Waals surface area contributed by atoms with Crippen LogP contribution in [0.1, 0.15) is 0 Å². The number of halogens is 1. The summed E-state index contributed by atoms with van der Waals surface area (Å²) < 4.78 is 0. The molecule has 3 aromatic rings. The van der Waals surface area contributed by atoms with Crippen molar-refractivity contribution in [2.24, 2.45) is 0 Å². The first-order chi connectivity index (χ1) is 10.1. The van der Waals surface area contributed by atoms with Crippen molar-refractivity contribution in [2.45, 2.75) is 0 Å². The third-order valence-corrected chi connectivity index (χ3v) is 3.11. The van der Waals surface area contributed by atoms with E-state index < -0.39 is 4.92 Å². The first-order valence-electron chi connectivity index (χ1n) is 5.95. The van der Waals surface area contributed by atoms with E-state index in [1.165, 1.54) is 23.0 Å². The molecule has 104 valence electrons. The minimum absolute atomic E-state index is 0.0906. The number of hydrogen-bond acceptors (Lipinski definition) is 5. The molecule has 2 aromatic carbocycles. The molecule has 0 fully saturated rings. The molecule has 7 nitrogen and oxygen atoms in total. The first kappa shape index (κ1) is 13.2. The van der Waals surface area contributed by atoms with Crippen LogP contribution in [0.25, 0.3) is 17.1 Å². The van der Waals surface area contributed by atoms with Crippen molar-refractivity contribution < 1.29 is 4.92 Å². The van der Waals surface area contributed by atoms with Crippen LogP contribution in [-0.4, -0.2) is 25.1 Å². The van der Waals surface area contributed by atoms with Crippen LogP contribution in [0, 0.1) is 10.1 Å². The summed E-state index contributed by atoms with van der Waals surface area (Å²) in [5, 5.41) is 23.0. The van der Waals surface area contributed by atoms with Crippen LogP contribution >= 0.6 is 11.6 Å². The normalized spacial score (nSPS) is 10.5. The maximum atomic E-state index is 10.7. The highest BCUT2D eigenvalue weighted by Gasteiger charge is 2.13. The molecule has 0 N–H and O–H groups in total. The summed E-state index contributed by atoms with van der Waals surface area (Å²) in [5.74, 6) is 0.449. The van der Waals surface area contributed by atoms with Crippen LogP contribution in [0.5, 0.6) is 0 Å². The Morgan fingerprint density at radius 1 is 1.14 bits per heavy atom. The van der Waals surface area contributed by atoms with Gasteiger partial charge in [0.1, 0.15) is 5.69 Å². The van der Waals surface area contributed by atoms with Gasteiger partial charge in [-0.15, -0.1) is 15.0 Å². The molecule has 0 radical (unpaired) electrons. The van der Waals surface area contributed by atoms with E-state index in [-0.39, 0.29) is 10.7 Å². The molecule has 0 aliphatic carbocycles. The fourth-order valence-electron chi connectivity index (χ4n) is 1.79. The third kappa shape index (κ3) is 2.59. The van der Waals surface area contributed by atoms with Gasteiger partial charge in [-0.3, -0.25) is 10.1 Å². The van der Waals surface area contributed by atoms with Gasteiger partial charge in [-0.1, -0.05) is 41.9 Å². The molecule has 0 unspecified atom stereocenters. The van der Waals surface area contributed by atoms with Crippen LogP contribution in [0.2, 0.25) is 5.02 Å². The van der Waals surface area contributed by atoms with E-state index in [2.05, 4.69) is 15.4 Å². The molecular weight excluding hydrogens is 294 g/mol. The van der Waals surface area contributed by atoms with Crippen LogP contribution in [0.4, 0.5) is 5.69 Å². The van der Waals surface area contributed by atoms with E-state index in [0.29, 0.717) is 11.5 Å². The highest BCUT2D eigenvalue weighted by molar-refractivity contribution is 6.32. The Bertz CT molecular complexity index is 803. The average molecular weight is 302 g/mol.